The smallest absolute Gasteiger partial charge is 0.335 e. The minimum absolute atomic E-state index is 0.0741. The van der Waals surface area contributed by atoms with Gasteiger partial charge in [-0.05, 0) is 91.3 Å². The molecule has 0 unspecified atom stereocenters. The molecule has 16 N–H and O–H groups in total. The molecule has 0 spiro atoms. The van der Waals surface area contributed by atoms with Gasteiger partial charge in [0, 0.05) is 5.41 Å². The van der Waals surface area contributed by atoms with Gasteiger partial charge in [-0.1, -0.05) is 60.1 Å². The molecule has 0 amide bonds. The molecule has 0 aromatic rings. The van der Waals surface area contributed by atoms with Crippen LogP contribution in [0, 0.1) is 50.2 Å². The molecule has 0 radical (unpaired) electrons. The number of ether oxygens (including phenoxy) is 8. The Morgan fingerprint density at radius 3 is 1.72 bits per heavy atom. The molecule has 0 aromatic carbocycles. The quantitative estimate of drug-likeness (QED) is 0.0665. The molecule has 9 rings (SSSR count). The molecule has 31 atom stereocenters. The maximum Gasteiger partial charge on any atom is 0.335 e. The second-order valence-electron chi connectivity index (χ2n) is 26.6. The normalized spacial score (nSPS) is 55.3. The summed E-state index contributed by atoms with van der Waals surface area (Å²) in [6.07, 6.45) is -36.4. The second kappa shape index (κ2) is 22.0. The zero-order valence-electron chi connectivity index (χ0n) is 46.1. The van der Waals surface area contributed by atoms with Gasteiger partial charge >= 0.3 is 5.97 Å². The molecule has 5 aliphatic carbocycles. The van der Waals surface area contributed by atoms with Crippen molar-refractivity contribution in [3.8, 4) is 0 Å². The lowest BCUT2D eigenvalue weighted by molar-refractivity contribution is -0.401. The van der Waals surface area contributed by atoms with Crippen LogP contribution in [0.5, 0.6) is 0 Å². The molecular formula is C54H88O25. The highest BCUT2D eigenvalue weighted by Gasteiger charge is 2.74. The highest BCUT2D eigenvalue weighted by Crippen LogP contribution is 2.76. The standard InChI is InChI=1S/C54H88O25/c1-20-29(59)32(62)35(65)45(72-20)77-39-34(64)31(61)24(18-56)74-47(39)76-38-37(67)40(78-46-36(66)33(63)30(60)23(17-55)73-46)48(79-41(38)44(70)71)75-28-12-13-51(6)25(50(28,4)5)11-14-52(7)26(51)10-9-21-22-15-49(2,3)16-27(58)54(22,19-57)43(69)42(68)53(21,52)8/h9,20,22-43,45-48,55-69H,10-19H2,1-8H3,(H,70,71)/t20-,22+,23+,24+,25-,26+,27-,28-,29-,30+,31-,32+,33-,34-,35+,36+,37-,38-,39+,40+,41-,42-,43+,45-,46-,47-,48+,51-,52+,53-,54+/m0/s1. The van der Waals surface area contributed by atoms with Crippen LogP contribution in [-0.4, -0.2) is 255 Å². The number of carboxylic acids is 1. The van der Waals surface area contributed by atoms with E-state index >= 15 is 0 Å². The predicted molar refractivity (Wildman–Crippen MR) is 266 cm³/mol. The molecule has 4 saturated carbocycles. The van der Waals surface area contributed by atoms with Crippen LogP contribution < -0.4 is 0 Å². The Balaban J connectivity index is 1.02. The average Bonchev–Trinajstić information content (AvgIpc) is 3.50. The molecule has 4 heterocycles. The minimum atomic E-state index is -2.21. The van der Waals surface area contributed by atoms with Crippen molar-refractivity contribution in [3.05, 3.63) is 11.6 Å². The zero-order chi connectivity index (χ0) is 58.2. The maximum atomic E-state index is 13.4. The van der Waals surface area contributed by atoms with E-state index in [1.165, 1.54) is 6.92 Å². The summed E-state index contributed by atoms with van der Waals surface area (Å²) in [5.41, 5.74) is -3.54. The third-order valence-electron chi connectivity index (χ3n) is 21.6. The summed E-state index contributed by atoms with van der Waals surface area (Å²) in [5, 5.41) is 178. The summed E-state index contributed by atoms with van der Waals surface area (Å²) in [6, 6.07) is 0. The Kier molecular flexibility index (Phi) is 17.2. The molecular weight excluding hydrogens is 1050 g/mol. The van der Waals surface area contributed by atoms with E-state index in [0.717, 1.165) is 5.57 Å². The van der Waals surface area contributed by atoms with E-state index in [9.17, 15) is 86.5 Å². The lowest BCUT2D eigenvalue weighted by Crippen LogP contribution is -2.74. The fraction of sp³-hybridized carbons (Fsp3) is 0.944. The summed E-state index contributed by atoms with van der Waals surface area (Å²) in [5.74, 6) is -2.34. The first-order chi connectivity index (χ1) is 36.8. The molecule has 0 bridgehead atoms. The molecule has 25 heteroatoms. The molecule has 79 heavy (non-hydrogen) atoms. The van der Waals surface area contributed by atoms with E-state index in [1.807, 2.05) is 20.8 Å². The number of hydrogen-bond acceptors (Lipinski definition) is 24. The topological polar surface area (TPSA) is 415 Å². The summed E-state index contributed by atoms with van der Waals surface area (Å²) in [6.45, 7) is 13.6. The van der Waals surface area contributed by atoms with Crippen molar-refractivity contribution < 1.29 is 124 Å². The maximum absolute atomic E-state index is 13.4. The Bertz CT molecular complexity index is 2200. The number of aliphatic carboxylic acids is 1. The van der Waals surface area contributed by atoms with Crippen LogP contribution in [0.1, 0.15) is 100 Å². The van der Waals surface area contributed by atoms with Crippen molar-refractivity contribution >= 4 is 5.97 Å². The van der Waals surface area contributed by atoms with E-state index in [4.69, 9.17) is 37.9 Å². The lowest BCUT2D eigenvalue weighted by Gasteiger charge is -2.73. The van der Waals surface area contributed by atoms with Gasteiger partial charge in [-0.2, -0.15) is 0 Å². The number of hydrogen-bond donors (Lipinski definition) is 16. The molecule has 4 saturated heterocycles. The monoisotopic (exact) mass is 1140 g/mol. The van der Waals surface area contributed by atoms with Crippen molar-refractivity contribution in [1.82, 2.24) is 0 Å². The molecule has 9 aliphatic rings. The van der Waals surface area contributed by atoms with Crippen LogP contribution in [-0.2, 0) is 42.7 Å². The second-order valence-corrected chi connectivity index (χ2v) is 26.6. The fourth-order valence-electron chi connectivity index (χ4n) is 16.9. The molecule has 8 fully saturated rings. The first-order valence-corrected chi connectivity index (χ1v) is 28.0. The van der Waals surface area contributed by atoms with Crippen LogP contribution in [0.25, 0.3) is 0 Å². The van der Waals surface area contributed by atoms with Crippen molar-refractivity contribution in [2.24, 2.45) is 50.2 Å². The first-order valence-electron chi connectivity index (χ1n) is 28.0. The van der Waals surface area contributed by atoms with Gasteiger partial charge in [0.2, 0.25) is 0 Å². The molecule has 0 aromatic heterocycles. The number of fused-ring (bicyclic) bond motifs is 7. The molecule has 454 valence electrons. The number of carboxylic acid groups (broad SMARTS) is 1. The van der Waals surface area contributed by atoms with Crippen LogP contribution in [0.2, 0.25) is 0 Å². The van der Waals surface area contributed by atoms with Crippen LogP contribution >= 0.6 is 0 Å². The van der Waals surface area contributed by atoms with Gasteiger partial charge in [-0.15, -0.1) is 0 Å². The summed E-state index contributed by atoms with van der Waals surface area (Å²) in [7, 11) is 0. The van der Waals surface area contributed by atoms with Gasteiger partial charge in [0.1, 0.15) is 85.5 Å². The Labute approximate surface area is 458 Å². The van der Waals surface area contributed by atoms with Gasteiger partial charge < -0.3 is 120 Å². The first kappa shape index (κ1) is 61.8. The van der Waals surface area contributed by atoms with Crippen molar-refractivity contribution in [2.75, 3.05) is 19.8 Å². The number of carbonyl (C=O) groups is 1. The number of allylic oxidation sites excluding steroid dienone is 1. The van der Waals surface area contributed by atoms with E-state index in [-0.39, 0.29) is 17.3 Å². The van der Waals surface area contributed by atoms with Crippen LogP contribution in [0.3, 0.4) is 0 Å². The van der Waals surface area contributed by atoms with Crippen LogP contribution in [0.15, 0.2) is 11.6 Å². The third-order valence-corrected chi connectivity index (χ3v) is 21.6. The van der Waals surface area contributed by atoms with Gasteiger partial charge in [0.15, 0.2) is 31.3 Å². The molecule has 4 aliphatic heterocycles. The predicted octanol–water partition coefficient (Wildman–Crippen LogP) is -3.53. The fourth-order valence-corrected chi connectivity index (χ4v) is 16.9. The van der Waals surface area contributed by atoms with Crippen LogP contribution in [0.4, 0.5) is 0 Å². The summed E-state index contributed by atoms with van der Waals surface area (Å²) in [4.78, 5) is 13.4. The number of aliphatic hydroxyl groups is 15. The largest absolute Gasteiger partial charge is 0.479 e. The Morgan fingerprint density at radius 1 is 0.582 bits per heavy atom. The van der Waals surface area contributed by atoms with Crippen molar-refractivity contribution in [1.29, 1.82) is 0 Å². The van der Waals surface area contributed by atoms with Crippen molar-refractivity contribution in [2.45, 2.75) is 248 Å². The van der Waals surface area contributed by atoms with Gasteiger partial charge in [-0.3, -0.25) is 0 Å². The van der Waals surface area contributed by atoms with Gasteiger partial charge in [-0.25, -0.2) is 4.79 Å². The van der Waals surface area contributed by atoms with E-state index in [1.54, 1.807) is 0 Å². The summed E-state index contributed by atoms with van der Waals surface area (Å²) >= 11 is 0. The van der Waals surface area contributed by atoms with E-state index in [0.29, 0.717) is 44.9 Å². The highest BCUT2D eigenvalue weighted by molar-refractivity contribution is 5.73. The number of aliphatic hydroxyl groups excluding tert-OH is 15. The highest BCUT2D eigenvalue weighted by atomic mass is 16.8. The minimum Gasteiger partial charge on any atom is -0.479 e. The SMILES string of the molecule is C[C@@H]1O[C@@H](O[C@H]2[C@H](O[C@H]3[C@H](O)[C@@H](O[C@@H]4O[C@H](CO)[C@@H](O)[C@H](O)[C@H]4O)[C@H](O[C@H]4CC[C@]5(C)[C@H]6CC=C7[C@H]8CC(C)(C)C[C@H](O)[C@]8(CO)[C@H](O)[C@H](O)[C@@]7(C)[C@]6(C)CC[C@H]5C4(C)C)O[C@@H]3C(=O)O)O[C@H](CO)[C@H](O)[C@@H]2O)[C@H](O)[C@H](O)[C@H]1O. The van der Waals surface area contributed by atoms with Gasteiger partial charge in [0.05, 0.1) is 55.8 Å². The van der Waals surface area contributed by atoms with Crippen molar-refractivity contribution in [3.63, 3.8) is 0 Å². The average molecular weight is 1140 g/mol. The Hall–Kier alpha value is -1.71. The van der Waals surface area contributed by atoms with E-state index < -0.39 is 206 Å². The third kappa shape index (κ3) is 9.61. The summed E-state index contributed by atoms with van der Waals surface area (Å²) < 4.78 is 48.3. The number of rotatable bonds is 12. The zero-order valence-corrected chi connectivity index (χ0v) is 46.1. The Morgan fingerprint density at radius 2 is 1.13 bits per heavy atom. The van der Waals surface area contributed by atoms with Gasteiger partial charge in [0.25, 0.3) is 0 Å². The molecule has 25 nitrogen and oxygen atoms in total. The lowest BCUT2D eigenvalue weighted by atomic mass is 9.32. The van der Waals surface area contributed by atoms with E-state index in [2.05, 4.69) is 33.8 Å².